The van der Waals surface area contributed by atoms with Crippen molar-refractivity contribution in [3.05, 3.63) is 93.5 Å². The lowest BCUT2D eigenvalue weighted by molar-refractivity contribution is 0.269. The summed E-state index contributed by atoms with van der Waals surface area (Å²) in [4.78, 5) is 0. The van der Waals surface area contributed by atoms with Crippen molar-refractivity contribution >= 4 is 29.4 Å². The van der Waals surface area contributed by atoms with Crippen LogP contribution in [-0.2, 0) is 13.2 Å². The highest BCUT2D eigenvalue weighted by Gasteiger charge is 2.12. The summed E-state index contributed by atoms with van der Waals surface area (Å²) in [6, 6.07) is 21.2. The number of halogens is 2. The minimum absolute atomic E-state index is 0.410. The van der Waals surface area contributed by atoms with Crippen LogP contribution in [0.2, 0.25) is 10.0 Å². The predicted molar refractivity (Wildman–Crippen MR) is 119 cm³/mol. The fraction of sp³-hybridized carbons (Fsp3) is 0.174. The third-order valence-corrected chi connectivity index (χ3v) is 4.74. The Bertz CT molecular complexity index is 962. The Morgan fingerprint density at radius 1 is 0.931 bits per heavy atom. The van der Waals surface area contributed by atoms with E-state index in [1.54, 1.807) is 12.3 Å². The fourth-order valence-corrected chi connectivity index (χ4v) is 3.16. The number of hydrazone groups is 1. The van der Waals surface area contributed by atoms with Gasteiger partial charge in [0.05, 0.1) is 24.4 Å². The summed E-state index contributed by atoms with van der Waals surface area (Å²) >= 11 is 12.6. The molecule has 0 amide bonds. The van der Waals surface area contributed by atoms with Crippen molar-refractivity contribution in [1.29, 1.82) is 0 Å². The van der Waals surface area contributed by atoms with E-state index in [4.69, 9.17) is 32.7 Å². The SMILES string of the molecule is CCOc1cc(/C=N\NCc2ccccc2Cl)cc(Cl)c1OCc1ccccc1. The first-order valence-electron chi connectivity index (χ1n) is 9.29. The second kappa shape index (κ2) is 10.7. The average molecular weight is 429 g/mol. The van der Waals surface area contributed by atoms with Gasteiger partial charge in [-0.15, -0.1) is 0 Å². The molecule has 0 spiro atoms. The maximum atomic E-state index is 6.46. The van der Waals surface area contributed by atoms with Crippen molar-refractivity contribution in [3.63, 3.8) is 0 Å². The number of hydrogen-bond donors (Lipinski definition) is 1. The van der Waals surface area contributed by atoms with Gasteiger partial charge in [-0.3, -0.25) is 0 Å². The molecule has 0 unspecified atom stereocenters. The van der Waals surface area contributed by atoms with Crippen LogP contribution in [0.4, 0.5) is 0 Å². The van der Waals surface area contributed by atoms with Gasteiger partial charge in [0.15, 0.2) is 11.5 Å². The molecule has 0 aliphatic heterocycles. The molecule has 150 valence electrons. The maximum Gasteiger partial charge on any atom is 0.180 e. The standard InChI is InChI=1S/C23H22Cl2N2O2/c1-2-28-22-13-18(14-26-27-15-19-10-6-7-11-20(19)24)12-21(25)23(22)29-16-17-8-4-3-5-9-17/h3-14,27H,2,15-16H2,1H3/b26-14-. The summed E-state index contributed by atoms with van der Waals surface area (Å²) in [5, 5.41) is 5.43. The highest BCUT2D eigenvalue weighted by molar-refractivity contribution is 6.32. The molecular formula is C23H22Cl2N2O2. The third kappa shape index (κ3) is 6.14. The Morgan fingerprint density at radius 3 is 2.45 bits per heavy atom. The van der Waals surface area contributed by atoms with Crippen molar-refractivity contribution in [2.45, 2.75) is 20.1 Å². The molecule has 0 aliphatic rings. The van der Waals surface area contributed by atoms with Gasteiger partial charge in [-0.25, -0.2) is 0 Å². The van der Waals surface area contributed by atoms with Gasteiger partial charge in [0.1, 0.15) is 6.61 Å². The summed E-state index contributed by atoms with van der Waals surface area (Å²) in [7, 11) is 0. The van der Waals surface area contributed by atoms with E-state index in [1.807, 2.05) is 67.6 Å². The molecule has 0 fully saturated rings. The number of hydrogen-bond acceptors (Lipinski definition) is 4. The van der Waals surface area contributed by atoms with Crippen LogP contribution in [0, 0.1) is 0 Å². The second-order valence-electron chi connectivity index (χ2n) is 6.22. The van der Waals surface area contributed by atoms with E-state index < -0.39 is 0 Å². The third-order valence-electron chi connectivity index (χ3n) is 4.09. The molecule has 0 saturated carbocycles. The van der Waals surface area contributed by atoms with E-state index in [2.05, 4.69) is 10.5 Å². The zero-order valence-electron chi connectivity index (χ0n) is 16.1. The van der Waals surface area contributed by atoms with E-state index in [1.165, 1.54) is 0 Å². The molecule has 29 heavy (non-hydrogen) atoms. The summed E-state index contributed by atoms with van der Waals surface area (Å²) < 4.78 is 11.7. The summed E-state index contributed by atoms with van der Waals surface area (Å²) in [6.45, 7) is 3.36. The van der Waals surface area contributed by atoms with Gasteiger partial charge in [0, 0.05) is 5.02 Å². The predicted octanol–water partition coefficient (Wildman–Crippen LogP) is 6.09. The first-order valence-corrected chi connectivity index (χ1v) is 10.1. The lowest BCUT2D eigenvalue weighted by Crippen LogP contribution is -2.06. The molecule has 1 N–H and O–H groups in total. The van der Waals surface area contributed by atoms with Crippen LogP contribution >= 0.6 is 23.2 Å². The number of benzene rings is 3. The maximum absolute atomic E-state index is 6.46. The van der Waals surface area contributed by atoms with Gasteiger partial charge in [0.25, 0.3) is 0 Å². The number of nitrogens with one attached hydrogen (secondary N) is 1. The molecule has 0 radical (unpaired) electrons. The Morgan fingerprint density at radius 2 is 1.69 bits per heavy atom. The smallest absolute Gasteiger partial charge is 0.180 e. The second-order valence-corrected chi connectivity index (χ2v) is 7.04. The minimum Gasteiger partial charge on any atom is -0.490 e. The summed E-state index contributed by atoms with van der Waals surface area (Å²) in [6.07, 6.45) is 1.69. The van der Waals surface area contributed by atoms with Gasteiger partial charge in [-0.2, -0.15) is 5.10 Å². The van der Waals surface area contributed by atoms with Crippen LogP contribution in [0.3, 0.4) is 0 Å². The van der Waals surface area contributed by atoms with Gasteiger partial charge < -0.3 is 14.9 Å². The Balaban J connectivity index is 1.68. The van der Waals surface area contributed by atoms with Gasteiger partial charge in [0.2, 0.25) is 0 Å². The van der Waals surface area contributed by atoms with Crippen LogP contribution in [-0.4, -0.2) is 12.8 Å². The van der Waals surface area contributed by atoms with E-state index in [-0.39, 0.29) is 0 Å². The van der Waals surface area contributed by atoms with E-state index in [0.717, 1.165) is 16.7 Å². The van der Waals surface area contributed by atoms with E-state index >= 15 is 0 Å². The summed E-state index contributed by atoms with van der Waals surface area (Å²) in [5.74, 6) is 1.11. The van der Waals surface area contributed by atoms with Gasteiger partial charge in [-0.05, 0) is 41.8 Å². The Kier molecular flexibility index (Phi) is 7.79. The average Bonchev–Trinajstić information content (AvgIpc) is 2.73. The molecule has 3 aromatic carbocycles. The minimum atomic E-state index is 0.410. The van der Waals surface area contributed by atoms with Crippen molar-refractivity contribution < 1.29 is 9.47 Å². The van der Waals surface area contributed by atoms with E-state index in [0.29, 0.717) is 41.3 Å². The van der Waals surface area contributed by atoms with Crippen LogP contribution < -0.4 is 14.9 Å². The zero-order chi connectivity index (χ0) is 20.5. The summed E-state index contributed by atoms with van der Waals surface area (Å²) in [5.41, 5.74) is 5.83. The van der Waals surface area contributed by atoms with Crippen molar-refractivity contribution in [2.24, 2.45) is 5.10 Å². The fourth-order valence-electron chi connectivity index (χ4n) is 2.69. The molecule has 0 bridgehead atoms. The Labute approximate surface area is 181 Å². The Hall–Kier alpha value is -2.69. The lowest BCUT2D eigenvalue weighted by atomic mass is 10.2. The molecule has 6 heteroatoms. The molecule has 4 nitrogen and oxygen atoms in total. The van der Waals surface area contributed by atoms with Crippen molar-refractivity contribution in [1.82, 2.24) is 5.43 Å². The molecule has 0 heterocycles. The van der Waals surface area contributed by atoms with Gasteiger partial charge in [-0.1, -0.05) is 71.7 Å². The highest BCUT2D eigenvalue weighted by Crippen LogP contribution is 2.37. The molecule has 0 atom stereocenters. The molecule has 0 aromatic heterocycles. The lowest BCUT2D eigenvalue weighted by Gasteiger charge is -2.14. The van der Waals surface area contributed by atoms with E-state index in [9.17, 15) is 0 Å². The number of rotatable bonds is 9. The van der Waals surface area contributed by atoms with Crippen LogP contribution in [0.25, 0.3) is 0 Å². The highest BCUT2D eigenvalue weighted by atomic mass is 35.5. The molecule has 0 saturated heterocycles. The normalized spacial score (nSPS) is 10.9. The monoisotopic (exact) mass is 428 g/mol. The molecule has 0 aliphatic carbocycles. The number of nitrogens with zero attached hydrogens (tertiary/aromatic N) is 1. The van der Waals surface area contributed by atoms with Crippen LogP contribution in [0.15, 0.2) is 71.8 Å². The largest absolute Gasteiger partial charge is 0.490 e. The number of ether oxygens (including phenoxy) is 2. The topological polar surface area (TPSA) is 42.8 Å². The first kappa shape index (κ1) is 21.0. The zero-order valence-corrected chi connectivity index (χ0v) is 17.6. The van der Waals surface area contributed by atoms with Crippen LogP contribution in [0.1, 0.15) is 23.6 Å². The molecule has 3 aromatic rings. The molecular weight excluding hydrogens is 407 g/mol. The van der Waals surface area contributed by atoms with Crippen molar-refractivity contribution in [2.75, 3.05) is 6.61 Å². The quantitative estimate of drug-likeness (QED) is 0.330. The van der Waals surface area contributed by atoms with Gasteiger partial charge >= 0.3 is 0 Å². The molecule has 3 rings (SSSR count). The first-order chi connectivity index (χ1) is 14.2. The van der Waals surface area contributed by atoms with Crippen LogP contribution in [0.5, 0.6) is 11.5 Å². The van der Waals surface area contributed by atoms with Crippen molar-refractivity contribution in [3.8, 4) is 11.5 Å².